The molecule has 4 heterocycles. The Balaban J connectivity index is 1.15. The summed E-state index contributed by atoms with van der Waals surface area (Å²) in [5.41, 5.74) is 9.34. The van der Waals surface area contributed by atoms with E-state index in [4.69, 9.17) is 15.4 Å². The first kappa shape index (κ1) is 27.3. The molecule has 2 aromatic heterocycles. The maximum atomic E-state index is 6.98. The summed E-state index contributed by atoms with van der Waals surface area (Å²) >= 11 is 4.43. The average Bonchev–Trinajstić information content (AvgIpc) is 3.65. The van der Waals surface area contributed by atoms with Crippen molar-refractivity contribution in [2.45, 2.75) is 0 Å². The van der Waals surface area contributed by atoms with Crippen molar-refractivity contribution >= 4 is 91.6 Å². The lowest BCUT2D eigenvalue weighted by Gasteiger charge is -2.18. The minimum absolute atomic E-state index is 0.576. The number of aliphatic imine (C=N–C) groups is 2. The van der Waals surface area contributed by atoms with Crippen molar-refractivity contribution in [3.8, 4) is 0 Å². The van der Waals surface area contributed by atoms with Crippen LogP contribution in [0.5, 0.6) is 0 Å². The van der Waals surface area contributed by atoms with Gasteiger partial charge in [-0.2, -0.15) is 0 Å². The third-order valence-corrected chi connectivity index (χ3v) is 9.10. The molecule has 0 amide bonds. The molecule has 1 aliphatic carbocycles. The molecule has 9 heteroatoms. The lowest BCUT2D eigenvalue weighted by atomic mass is 9.83. The molecule has 8 nitrogen and oxygen atoms in total. The molecule has 0 unspecified atom stereocenters. The smallest absolute Gasteiger partial charge is 0.339 e. The second-order valence-electron chi connectivity index (χ2n) is 11.5. The molecular formula is C38H27N8S+3. The molecule has 0 radical (unpaired) electrons. The zero-order valence-corrected chi connectivity index (χ0v) is 25.8. The SMILES string of the molecule is [NH2+]=C1C(c2ccc3c4c(cccc24)C(=Nc2cccc[nH+]2)[NH2+]3)=CC=C(c2ccc3c4c(cccc24)NC3=Nc2ccccn2)C1=NS. The van der Waals surface area contributed by atoms with Gasteiger partial charge >= 0.3 is 11.7 Å². The lowest BCUT2D eigenvalue weighted by Crippen LogP contribution is -2.80. The Morgan fingerprint density at radius 1 is 0.723 bits per heavy atom. The van der Waals surface area contributed by atoms with Crippen molar-refractivity contribution in [2.75, 3.05) is 5.32 Å². The zero-order valence-electron chi connectivity index (χ0n) is 24.9. The van der Waals surface area contributed by atoms with Crippen molar-refractivity contribution in [3.63, 3.8) is 0 Å². The Kier molecular flexibility index (Phi) is 6.27. The largest absolute Gasteiger partial charge is 0.345 e. The van der Waals surface area contributed by atoms with Gasteiger partial charge in [-0.25, -0.2) is 24.7 Å². The topological polar surface area (TPSA) is 118 Å². The summed E-state index contributed by atoms with van der Waals surface area (Å²) in [4.78, 5) is 17.3. The van der Waals surface area contributed by atoms with Gasteiger partial charge in [0, 0.05) is 45.5 Å². The van der Waals surface area contributed by atoms with Crippen LogP contribution in [0.1, 0.15) is 22.3 Å². The van der Waals surface area contributed by atoms with Crippen LogP contribution < -0.4 is 21.0 Å². The van der Waals surface area contributed by atoms with Gasteiger partial charge in [0.05, 0.1) is 22.7 Å². The molecule has 222 valence electrons. The van der Waals surface area contributed by atoms with Gasteiger partial charge < -0.3 is 5.32 Å². The lowest BCUT2D eigenvalue weighted by molar-refractivity contribution is -0.438. The first-order valence-corrected chi connectivity index (χ1v) is 15.7. The number of anilines is 1. The normalized spacial score (nSPS) is 17.6. The number of H-pyrrole nitrogens is 1. The van der Waals surface area contributed by atoms with Gasteiger partial charge in [-0.05, 0) is 83.3 Å². The number of nitrogens with one attached hydrogen (secondary N) is 2. The van der Waals surface area contributed by atoms with E-state index in [0.717, 1.165) is 83.8 Å². The minimum atomic E-state index is 0.576. The van der Waals surface area contributed by atoms with E-state index >= 15 is 0 Å². The highest BCUT2D eigenvalue weighted by Gasteiger charge is 2.34. The molecular weight excluding hydrogens is 601 g/mol. The number of aromatic nitrogens is 2. The molecule has 4 aromatic carbocycles. The highest BCUT2D eigenvalue weighted by molar-refractivity contribution is 7.79. The van der Waals surface area contributed by atoms with E-state index < -0.39 is 0 Å². The van der Waals surface area contributed by atoms with Crippen LogP contribution in [0, 0.1) is 0 Å². The molecule has 0 spiro atoms. The van der Waals surface area contributed by atoms with Crippen LogP contribution in [-0.2, 0) is 0 Å². The number of pyridine rings is 2. The molecule has 3 aliphatic rings. The fourth-order valence-electron chi connectivity index (χ4n) is 6.83. The van der Waals surface area contributed by atoms with Crippen LogP contribution in [0.15, 0.2) is 136 Å². The number of nitrogens with zero attached hydrogens (tertiary/aromatic N) is 4. The van der Waals surface area contributed by atoms with Crippen LogP contribution in [-0.4, -0.2) is 28.1 Å². The second-order valence-corrected chi connectivity index (χ2v) is 11.7. The number of allylic oxidation sites excluding steroid dienone is 4. The maximum Gasteiger partial charge on any atom is 0.345 e. The minimum Gasteiger partial charge on any atom is -0.339 e. The first-order valence-electron chi connectivity index (χ1n) is 15.3. The van der Waals surface area contributed by atoms with E-state index in [1.54, 1.807) is 6.20 Å². The Hall–Kier alpha value is -6.03. The van der Waals surface area contributed by atoms with Crippen molar-refractivity contribution in [1.29, 1.82) is 0 Å². The van der Waals surface area contributed by atoms with E-state index in [0.29, 0.717) is 17.2 Å². The van der Waals surface area contributed by atoms with Gasteiger partial charge in [0.1, 0.15) is 11.5 Å². The summed E-state index contributed by atoms with van der Waals surface area (Å²) in [7, 11) is 0. The van der Waals surface area contributed by atoms with Crippen LogP contribution in [0.25, 0.3) is 32.7 Å². The monoisotopic (exact) mass is 627 g/mol. The summed E-state index contributed by atoms with van der Waals surface area (Å²) in [5.74, 6) is 3.15. The van der Waals surface area contributed by atoms with E-state index in [9.17, 15) is 0 Å². The summed E-state index contributed by atoms with van der Waals surface area (Å²) in [5, 5.41) is 17.1. The van der Waals surface area contributed by atoms with Gasteiger partial charge in [-0.3, -0.25) is 5.41 Å². The third-order valence-electron chi connectivity index (χ3n) is 8.90. The Morgan fingerprint density at radius 3 is 2.34 bits per heavy atom. The van der Waals surface area contributed by atoms with Gasteiger partial charge in [-0.1, -0.05) is 48.5 Å². The summed E-state index contributed by atoms with van der Waals surface area (Å²) in [6.45, 7) is 0. The quantitative estimate of drug-likeness (QED) is 0.126. The van der Waals surface area contributed by atoms with Crippen molar-refractivity contribution in [2.24, 2.45) is 14.4 Å². The molecule has 9 rings (SSSR count). The van der Waals surface area contributed by atoms with Gasteiger partial charge in [0.2, 0.25) is 5.71 Å². The number of rotatable bonds is 4. The number of amidine groups is 2. The fraction of sp³-hybridized carbons (Fsp3) is 0. The fourth-order valence-corrected chi connectivity index (χ4v) is 7.05. The Morgan fingerprint density at radius 2 is 1.51 bits per heavy atom. The molecule has 6 N–H and O–H groups in total. The van der Waals surface area contributed by atoms with Gasteiger partial charge in [0.15, 0.2) is 11.5 Å². The highest BCUT2D eigenvalue weighted by atomic mass is 32.1. The van der Waals surface area contributed by atoms with Crippen molar-refractivity contribution in [1.82, 2.24) is 4.98 Å². The van der Waals surface area contributed by atoms with E-state index in [1.165, 1.54) is 0 Å². The van der Waals surface area contributed by atoms with Gasteiger partial charge in [-0.15, -0.1) is 0 Å². The maximum absolute atomic E-state index is 6.98. The number of hydrogen-bond acceptors (Lipinski definition) is 5. The van der Waals surface area contributed by atoms with Gasteiger partial charge in [0.25, 0.3) is 0 Å². The van der Waals surface area contributed by atoms with Crippen LogP contribution in [0.4, 0.5) is 23.0 Å². The summed E-state index contributed by atoms with van der Waals surface area (Å²) < 4.78 is 4.45. The first-order chi connectivity index (χ1) is 23.2. The van der Waals surface area contributed by atoms with E-state index in [2.05, 4.69) is 105 Å². The predicted octanol–water partition coefficient (Wildman–Crippen LogP) is 4.96. The molecule has 0 bridgehead atoms. The van der Waals surface area contributed by atoms with Crippen molar-refractivity contribution < 1.29 is 15.7 Å². The van der Waals surface area contributed by atoms with E-state index in [-0.39, 0.29) is 0 Å². The molecule has 6 aromatic rings. The van der Waals surface area contributed by atoms with Crippen LogP contribution in [0.2, 0.25) is 0 Å². The van der Waals surface area contributed by atoms with Crippen LogP contribution in [0.3, 0.4) is 0 Å². The number of quaternary nitrogens is 1. The van der Waals surface area contributed by atoms with E-state index in [1.807, 2.05) is 48.7 Å². The van der Waals surface area contributed by atoms with Crippen LogP contribution >= 0.6 is 12.8 Å². The third kappa shape index (κ3) is 4.36. The second kappa shape index (κ2) is 10.8. The summed E-state index contributed by atoms with van der Waals surface area (Å²) in [6.07, 6.45) is 7.82. The number of benzene rings is 4. The number of thiol groups is 1. The predicted molar refractivity (Wildman–Crippen MR) is 192 cm³/mol. The molecule has 2 aliphatic heterocycles. The number of nitrogens with two attached hydrogens (primary N) is 2. The van der Waals surface area contributed by atoms with Crippen molar-refractivity contribution in [3.05, 3.63) is 144 Å². The number of aromatic amines is 1. The molecule has 0 saturated heterocycles. The average molecular weight is 628 g/mol. The highest BCUT2D eigenvalue weighted by Crippen LogP contribution is 2.41. The molecule has 0 atom stereocenters. The Bertz CT molecular complexity index is 2480. The molecule has 0 fully saturated rings. The summed E-state index contributed by atoms with van der Waals surface area (Å²) in [6, 6.07) is 32.7. The standard InChI is InChI=1S/C38H24N8S/c39-35-25(21-17-18-30-33-23(21)7-5-9-27(33)37(43-30)44-31-11-1-3-19-40-31)14-15-26(36(35)46-47)22-13-16-28-34-24(22)8-6-10-29(34)42-38(28)45-32-12-2-4-20-41-32/h1-20,39,47H,(H,40,43,44)(H,41,42,45)/p+3. The number of hydrogen-bond donors (Lipinski definition) is 4. The Labute approximate surface area is 275 Å². The molecule has 47 heavy (non-hydrogen) atoms. The zero-order chi connectivity index (χ0) is 31.5. The molecule has 0 saturated carbocycles.